The van der Waals surface area contributed by atoms with Gasteiger partial charge in [0.1, 0.15) is 0 Å². The van der Waals surface area contributed by atoms with Crippen molar-refractivity contribution < 1.29 is 18.1 Å². The molecule has 0 saturated carbocycles. The molecule has 0 spiro atoms. The van der Waals surface area contributed by atoms with Gasteiger partial charge in [0.2, 0.25) is 0 Å². The average Bonchev–Trinajstić information content (AvgIpc) is 2.70. The van der Waals surface area contributed by atoms with Crippen molar-refractivity contribution >= 4 is 43.0 Å². The summed E-state index contributed by atoms with van der Waals surface area (Å²) in [4.78, 5) is 22.8. The second-order valence-corrected chi connectivity index (χ2v) is 9.08. The Morgan fingerprint density at radius 1 is 1.00 bits per heavy atom. The average molecular weight is 475 g/mol. The number of anilines is 1. The number of nitro benzene ring substituents is 1. The number of non-ortho nitro benzene ring substituents is 1. The number of sulfone groups is 1. The van der Waals surface area contributed by atoms with E-state index < -0.39 is 20.7 Å². The third-order valence-corrected chi connectivity index (χ3v) is 6.25. The van der Waals surface area contributed by atoms with Crippen LogP contribution in [0.4, 0.5) is 11.4 Å². The molecule has 3 aromatic carbocycles. The highest BCUT2D eigenvalue weighted by Gasteiger charge is 2.18. The molecule has 3 rings (SSSR count). The van der Waals surface area contributed by atoms with Crippen LogP contribution in [-0.2, 0) is 15.6 Å². The Balaban J connectivity index is 1.81. The van der Waals surface area contributed by atoms with Crippen molar-refractivity contribution in [3.63, 3.8) is 0 Å². The molecular weight excluding hydrogens is 460 g/mol. The maximum atomic E-state index is 12.7. The quantitative estimate of drug-likeness (QED) is 0.415. The maximum Gasteiger partial charge on any atom is 0.271 e. The van der Waals surface area contributed by atoms with E-state index in [2.05, 4.69) is 21.2 Å². The zero-order chi connectivity index (χ0) is 21.0. The molecule has 3 aromatic rings. The summed E-state index contributed by atoms with van der Waals surface area (Å²) in [6.07, 6.45) is 0. The summed E-state index contributed by atoms with van der Waals surface area (Å²) < 4.78 is 26.3. The lowest BCUT2D eigenvalue weighted by molar-refractivity contribution is -0.384. The number of nitrogens with one attached hydrogen (secondary N) is 1. The Morgan fingerprint density at radius 3 is 2.38 bits per heavy atom. The van der Waals surface area contributed by atoms with Crippen LogP contribution in [0, 0.1) is 10.1 Å². The van der Waals surface area contributed by atoms with Gasteiger partial charge < -0.3 is 5.32 Å². The highest BCUT2D eigenvalue weighted by atomic mass is 79.9. The van der Waals surface area contributed by atoms with Crippen molar-refractivity contribution in [3.8, 4) is 0 Å². The van der Waals surface area contributed by atoms with Crippen molar-refractivity contribution in [3.05, 3.63) is 98.5 Å². The van der Waals surface area contributed by atoms with Gasteiger partial charge in [-0.05, 0) is 42.0 Å². The first-order valence-corrected chi connectivity index (χ1v) is 10.8. The number of carbonyl (C=O) groups excluding carboxylic acids is 1. The number of nitro groups is 1. The zero-order valence-electron chi connectivity index (χ0n) is 14.9. The van der Waals surface area contributed by atoms with Gasteiger partial charge in [-0.1, -0.05) is 40.2 Å². The number of nitrogens with zero attached hydrogens (tertiary/aromatic N) is 1. The van der Waals surface area contributed by atoms with E-state index in [1.807, 2.05) is 0 Å². The normalized spacial score (nSPS) is 11.1. The molecule has 1 N–H and O–H groups in total. The van der Waals surface area contributed by atoms with Gasteiger partial charge in [0.25, 0.3) is 11.6 Å². The van der Waals surface area contributed by atoms with Crippen molar-refractivity contribution in [1.82, 2.24) is 0 Å². The van der Waals surface area contributed by atoms with E-state index in [1.54, 1.807) is 24.3 Å². The first-order chi connectivity index (χ1) is 13.7. The Bertz CT molecular complexity index is 1180. The molecule has 0 heterocycles. The minimum Gasteiger partial charge on any atom is -0.322 e. The smallest absolute Gasteiger partial charge is 0.271 e. The fourth-order valence-electron chi connectivity index (χ4n) is 2.61. The number of hydrogen-bond acceptors (Lipinski definition) is 5. The minimum atomic E-state index is -3.66. The molecule has 29 heavy (non-hydrogen) atoms. The van der Waals surface area contributed by atoms with E-state index in [1.165, 1.54) is 48.5 Å². The fourth-order valence-corrected chi connectivity index (χ4v) is 4.27. The Labute approximate surface area is 175 Å². The molecule has 0 aliphatic heterocycles. The second-order valence-electron chi connectivity index (χ2n) is 6.17. The van der Waals surface area contributed by atoms with Gasteiger partial charge in [-0.15, -0.1) is 0 Å². The van der Waals surface area contributed by atoms with E-state index in [9.17, 15) is 23.3 Å². The lowest BCUT2D eigenvalue weighted by Crippen LogP contribution is -2.13. The molecule has 148 valence electrons. The first kappa shape index (κ1) is 20.7. The van der Waals surface area contributed by atoms with Crippen LogP contribution in [0.3, 0.4) is 0 Å². The predicted molar refractivity (Wildman–Crippen MR) is 113 cm³/mol. The van der Waals surface area contributed by atoms with Crippen LogP contribution in [0.1, 0.15) is 15.9 Å². The maximum absolute atomic E-state index is 12.7. The van der Waals surface area contributed by atoms with Gasteiger partial charge in [0.05, 0.1) is 15.6 Å². The molecule has 0 saturated heterocycles. The molecule has 0 atom stereocenters. The first-order valence-electron chi connectivity index (χ1n) is 8.38. The predicted octanol–water partition coefficient (Wildman–Crippen LogP) is 4.58. The van der Waals surface area contributed by atoms with Gasteiger partial charge >= 0.3 is 0 Å². The van der Waals surface area contributed by atoms with Crippen LogP contribution in [0.15, 0.2) is 82.2 Å². The van der Waals surface area contributed by atoms with Gasteiger partial charge in [0.15, 0.2) is 9.84 Å². The van der Waals surface area contributed by atoms with Gasteiger partial charge in [-0.25, -0.2) is 8.42 Å². The van der Waals surface area contributed by atoms with Crippen LogP contribution < -0.4 is 5.32 Å². The number of halogens is 1. The zero-order valence-corrected chi connectivity index (χ0v) is 17.3. The Kier molecular flexibility index (Phi) is 6.09. The Morgan fingerprint density at radius 2 is 1.69 bits per heavy atom. The lowest BCUT2D eigenvalue weighted by Gasteiger charge is -2.08. The highest BCUT2D eigenvalue weighted by Crippen LogP contribution is 2.21. The molecule has 0 radical (unpaired) electrons. The second kappa shape index (κ2) is 8.54. The van der Waals surface area contributed by atoms with Crippen molar-refractivity contribution in [2.75, 3.05) is 5.32 Å². The van der Waals surface area contributed by atoms with Crippen LogP contribution in [0.5, 0.6) is 0 Å². The highest BCUT2D eigenvalue weighted by molar-refractivity contribution is 9.10. The summed E-state index contributed by atoms with van der Waals surface area (Å²) in [5.74, 6) is -0.762. The summed E-state index contributed by atoms with van der Waals surface area (Å²) in [5.41, 5.74) is 0.842. The number of benzene rings is 3. The van der Waals surface area contributed by atoms with Gasteiger partial charge in [-0.3, -0.25) is 14.9 Å². The number of hydrogen-bond donors (Lipinski definition) is 1. The minimum absolute atomic E-state index is 0.0205. The lowest BCUT2D eigenvalue weighted by atomic mass is 10.2. The molecule has 0 aliphatic rings. The molecule has 1 amide bonds. The molecule has 0 aliphatic carbocycles. The van der Waals surface area contributed by atoms with Crippen molar-refractivity contribution in [1.29, 1.82) is 0 Å². The third-order valence-electron chi connectivity index (χ3n) is 4.04. The van der Waals surface area contributed by atoms with Crippen molar-refractivity contribution in [2.24, 2.45) is 0 Å². The standard InChI is InChI=1S/C20H15BrN2O5S/c21-16-9-7-14(8-10-16)13-29(27,28)19-6-1-3-15(11-19)20(24)22-17-4-2-5-18(12-17)23(25)26/h1-12H,13H2,(H,22,24). The van der Waals surface area contributed by atoms with Crippen LogP contribution in [0.25, 0.3) is 0 Å². The topological polar surface area (TPSA) is 106 Å². The fraction of sp³-hybridized carbons (Fsp3) is 0.0500. The van der Waals surface area contributed by atoms with Gasteiger partial charge in [-0.2, -0.15) is 0 Å². The van der Waals surface area contributed by atoms with Crippen LogP contribution in [0.2, 0.25) is 0 Å². The summed E-state index contributed by atoms with van der Waals surface area (Å²) in [6, 6.07) is 18.1. The molecule has 0 bridgehead atoms. The van der Waals surface area contributed by atoms with Crippen LogP contribution >= 0.6 is 15.9 Å². The molecule has 9 heteroatoms. The van der Waals surface area contributed by atoms with Crippen LogP contribution in [-0.4, -0.2) is 19.2 Å². The molecule has 7 nitrogen and oxygen atoms in total. The molecule has 0 fully saturated rings. The van der Waals surface area contributed by atoms with E-state index in [-0.39, 0.29) is 27.6 Å². The van der Waals surface area contributed by atoms with E-state index in [0.717, 1.165) is 4.47 Å². The van der Waals surface area contributed by atoms with E-state index in [0.29, 0.717) is 5.56 Å². The summed E-state index contributed by atoms with van der Waals surface area (Å²) in [5, 5.41) is 13.4. The van der Waals surface area contributed by atoms with Gasteiger partial charge in [0, 0.05) is 27.9 Å². The SMILES string of the molecule is O=C(Nc1cccc([N+](=O)[O-])c1)c1cccc(S(=O)(=O)Cc2ccc(Br)cc2)c1. The molecule has 0 unspecified atom stereocenters. The van der Waals surface area contributed by atoms with E-state index in [4.69, 9.17) is 0 Å². The van der Waals surface area contributed by atoms with Crippen molar-refractivity contribution in [2.45, 2.75) is 10.6 Å². The monoisotopic (exact) mass is 474 g/mol. The third kappa shape index (κ3) is 5.27. The number of amides is 1. The number of rotatable bonds is 6. The largest absolute Gasteiger partial charge is 0.322 e. The number of carbonyl (C=O) groups is 1. The summed E-state index contributed by atoms with van der Waals surface area (Å²) in [6.45, 7) is 0. The summed E-state index contributed by atoms with van der Waals surface area (Å²) in [7, 11) is -3.66. The summed E-state index contributed by atoms with van der Waals surface area (Å²) >= 11 is 3.30. The molecule has 0 aromatic heterocycles. The molecular formula is C20H15BrN2O5S. The van der Waals surface area contributed by atoms with E-state index >= 15 is 0 Å². The Hall–Kier alpha value is -3.04.